The fraction of sp³-hybridized carbons (Fsp3) is 0.455. The maximum Gasteiger partial charge on any atom is 0.292 e. The highest BCUT2D eigenvalue weighted by Gasteiger charge is 2.28. The first kappa shape index (κ1) is 11.8. The lowest BCUT2D eigenvalue weighted by Crippen LogP contribution is -2.31. The van der Waals surface area contributed by atoms with E-state index in [1.807, 2.05) is 0 Å². The molecule has 0 heterocycles. The van der Waals surface area contributed by atoms with Crippen molar-refractivity contribution in [2.45, 2.75) is 18.9 Å². The normalized spacial score (nSPS) is 16.6. The molecule has 0 spiro atoms. The van der Waals surface area contributed by atoms with Crippen LogP contribution in [0.2, 0.25) is 0 Å². The lowest BCUT2D eigenvalue weighted by Gasteiger charge is -2.12. The third kappa shape index (κ3) is 2.91. The van der Waals surface area contributed by atoms with Crippen molar-refractivity contribution < 1.29 is 9.31 Å². The van der Waals surface area contributed by atoms with Crippen LogP contribution in [0.15, 0.2) is 18.2 Å². The summed E-state index contributed by atoms with van der Waals surface area (Å²) in [5, 5.41) is 13.6. The van der Waals surface area contributed by atoms with E-state index in [0.717, 1.165) is 31.0 Å². The second kappa shape index (κ2) is 4.67. The number of anilines is 1. The van der Waals surface area contributed by atoms with E-state index in [-0.39, 0.29) is 17.4 Å². The fourth-order valence-electron chi connectivity index (χ4n) is 1.73. The minimum Gasteiger partial charge on any atom is -0.378 e. The molecule has 2 rings (SSSR count). The first-order valence-electron chi connectivity index (χ1n) is 5.51. The molecule has 1 unspecified atom stereocenters. The van der Waals surface area contributed by atoms with E-state index < -0.39 is 10.7 Å². The predicted octanol–water partition coefficient (Wildman–Crippen LogP) is 1.88. The molecule has 0 radical (unpaired) electrons. The van der Waals surface area contributed by atoms with Crippen LogP contribution < -0.4 is 11.1 Å². The van der Waals surface area contributed by atoms with Gasteiger partial charge in [-0.2, -0.15) is 0 Å². The van der Waals surface area contributed by atoms with Crippen LogP contribution in [0, 0.1) is 21.8 Å². The summed E-state index contributed by atoms with van der Waals surface area (Å²) >= 11 is 0. The summed E-state index contributed by atoms with van der Waals surface area (Å²) in [6, 6.07) is 3.32. The van der Waals surface area contributed by atoms with Crippen LogP contribution in [-0.4, -0.2) is 17.5 Å². The molecule has 1 saturated carbocycles. The monoisotopic (exact) mass is 239 g/mol. The van der Waals surface area contributed by atoms with Crippen molar-refractivity contribution in [1.82, 2.24) is 0 Å². The number of hydrogen-bond donors (Lipinski definition) is 2. The summed E-state index contributed by atoms with van der Waals surface area (Å²) in [5.41, 5.74) is 5.92. The smallest absolute Gasteiger partial charge is 0.292 e. The van der Waals surface area contributed by atoms with Crippen molar-refractivity contribution in [2.75, 3.05) is 11.9 Å². The molecule has 1 fully saturated rings. The Hall–Kier alpha value is -1.69. The molecule has 5 nitrogen and oxygen atoms in total. The average Bonchev–Trinajstić information content (AvgIpc) is 3.09. The van der Waals surface area contributed by atoms with Gasteiger partial charge in [0, 0.05) is 24.7 Å². The Morgan fingerprint density at radius 3 is 2.88 bits per heavy atom. The van der Waals surface area contributed by atoms with Crippen LogP contribution in [0.3, 0.4) is 0 Å². The SMILES string of the molecule is NC(CNc1cc(F)ccc1[N+](=O)[O-])C1CC1. The highest BCUT2D eigenvalue weighted by Crippen LogP contribution is 2.32. The van der Waals surface area contributed by atoms with Crippen LogP contribution in [0.1, 0.15) is 12.8 Å². The molecule has 1 aromatic rings. The first-order valence-corrected chi connectivity index (χ1v) is 5.51. The Kier molecular flexibility index (Phi) is 3.23. The van der Waals surface area contributed by atoms with Crippen LogP contribution in [0.4, 0.5) is 15.8 Å². The van der Waals surface area contributed by atoms with Gasteiger partial charge in [0.15, 0.2) is 0 Å². The van der Waals surface area contributed by atoms with Crippen LogP contribution >= 0.6 is 0 Å². The van der Waals surface area contributed by atoms with Crippen molar-refractivity contribution in [3.05, 3.63) is 34.1 Å². The zero-order valence-corrected chi connectivity index (χ0v) is 9.23. The summed E-state index contributed by atoms with van der Waals surface area (Å²) in [7, 11) is 0. The number of nitrogens with one attached hydrogen (secondary N) is 1. The number of nitro groups is 1. The van der Waals surface area contributed by atoms with Crippen LogP contribution in [0.5, 0.6) is 0 Å². The van der Waals surface area contributed by atoms with E-state index in [1.165, 1.54) is 0 Å². The average molecular weight is 239 g/mol. The van der Waals surface area contributed by atoms with Crippen molar-refractivity contribution in [3.63, 3.8) is 0 Å². The Labute approximate surface area is 98.0 Å². The first-order chi connectivity index (χ1) is 8.08. The van der Waals surface area contributed by atoms with Gasteiger partial charge in [-0.25, -0.2) is 4.39 Å². The molecule has 17 heavy (non-hydrogen) atoms. The Morgan fingerprint density at radius 2 is 2.29 bits per heavy atom. The number of nitrogens with zero attached hydrogens (tertiary/aromatic N) is 1. The quantitative estimate of drug-likeness (QED) is 0.607. The van der Waals surface area contributed by atoms with Gasteiger partial charge in [-0.1, -0.05) is 0 Å². The number of nitrogens with two attached hydrogens (primary N) is 1. The van der Waals surface area contributed by atoms with E-state index in [0.29, 0.717) is 12.5 Å². The molecule has 0 bridgehead atoms. The van der Waals surface area contributed by atoms with Gasteiger partial charge in [0.05, 0.1) is 4.92 Å². The summed E-state index contributed by atoms with van der Waals surface area (Å²) in [6.45, 7) is 0.426. The summed E-state index contributed by atoms with van der Waals surface area (Å²) in [5.74, 6) is -0.00629. The number of hydrogen-bond acceptors (Lipinski definition) is 4. The molecular formula is C11H14FN3O2. The lowest BCUT2D eigenvalue weighted by atomic mass is 10.2. The zero-order chi connectivity index (χ0) is 12.4. The van der Waals surface area contributed by atoms with Gasteiger partial charge in [0.2, 0.25) is 0 Å². The van der Waals surface area contributed by atoms with Gasteiger partial charge in [-0.05, 0) is 24.8 Å². The van der Waals surface area contributed by atoms with Crippen molar-refractivity contribution in [2.24, 2.45) is 11.7 Å². The standard InChI is InChI=1S/C11H14FN3O2/c12-8-3-4-11(15(16)17)10(5-8)14-6-9(13)7-1-2-7/h3-5,7,9,14H,1-2,6,13H2. The summed E-state index contributed by atoms with van der Waals surface area (Å²) < 4.78 is 13.0. The molecule has 1 aliphatic rings. The molecule has 92 valence electrons. The van der Waals surface area contributed by atoms with E-state index in [9.17, 15) is 14.5 Å². The molecule has 0 amide bonds. The molecule has 1 atom stereocenters. The minimum absolute atomic E-state index is 0.0297. The van der Waals surface area contributed by atoms with Gasteiger partial charge in [-0.3, -0.25) is 10.1 Å². The van der Waals surface area contributed by atoms with E-state index in [2.05, 4.69) is 5.32 Å². The van der Waals surface area contributed by atoms with E-state index in [4.69, 9.17) is 5.73 Å². The zero-order valence-electron chi connectivity index (χ0n) is 9.23. The summed E-state index contributed by atoms with van der Waals surface area (Å²) in [6.07, 6.45) is 2.21. The molecule has 0 aliphatic heterocycles. The topological polar surface area (TPSA) is 81.2 Å². The Morgan fingerprint density at radius 1 is 1.59 bits per heavy atom. The summed E-state index contributed by atoms with van der Waals surface area (Å²) in [4.78, 5) is 10.2. The highest BCUT2D eigenvalue weighted by atomic mass is 19.1. The largest absolute Gasteiger partial charge is 0.378 e. The third-order valence-electron chi connectivity index (χ3n) is 2.91. The number of benzene rings is 1. The molecule has 3 N–H and O–H groups in total. The van der Waals surface area contributed by atoms with Crippen LogP contribution in [-0.2, 0) is 0 Å². The minimum atomic E-state index is -0.537. The second-order valence-electron chi connectivity index (χ2n) is 4.30. The van der Waals surface area contributed by atoms with Crippen molar-refractivity contribution in [1.29, 1.82) is 0 Å². The number of halogens is 1. The molecular weight excluding hydrogens is 225 g/mol. The van der Waals surface area contributed by atoms with E-state index >= 15 is 0 Å². The Balaban J connectivity index is 2.07. The molecule has 0 saturated heterocycles. The van der Waals surface area contributed by atoms with Crippen molar-refractivity contribution in [3.8, 4) is 0 Å². The highest BCUT2D eigenvalue weighted by molar-refractivity contribution is 5.61. The molecule has 1 aromatic carbocycles. The molecule has 6 heteroatoms. The van der Waals surface area contributed by atoms with Gasteiger partial charge < -0.3 is 11.1 Å². The molecule has 1 aliphatic carbocycles. The Bertz CT molecular complexity index is 435. The number of nitro benzene ring substituents is 1. The molecule has 0 aromatic heterocycles. The van der Waals surface area contributed by atoms with Gasteiger partial charge in [-0.15, -0.1) is 0 Å². The lowest BCUT2D eigenvalue weighted by molar-refractivity contribution is -0.384. The van der Waals surface area contributed by atoms with Crippen LogP contribution in [0.25, 0.3) is 0 Å². The third-order valence-corrected chi connectivity index (χ3v) is 2.91. The number of rotatable bonds is 5. The maximum atomic E-state index is 13.0. The second-order valence-corrected chi connectivity index (χ2v) is 4.30. The van der Waals surface area contributed by atoms with Crippen molar-refractivity contribution >= 4 is 11.4 Å². The van der Waals surface area contributed by atoms with Gasteiger partial charge >= 0.3 is 0 Å². The van der Waals surface area contributed by atoms with E-state index in [1.54, 1.807) is 0 Å². The fourth-order valence-corrected chi connectivity index (χ4v) is 1.73. The van der Waals surface area contributed by atoms with Gasteiger partial charge in [0.1, 0.15) is 11.5 Å². The van der Waals surface area contributed by atoms with Gasteiger partial charge in [0.25, 0.3) is 5.69 Å². The maximum absolute atomic E-state index is 13.0. The predicted molar refractivity (Wildman–Crippen MR) is 62.2 cm³/mol.